The van der Waals surface area contributed by atoms with Crippen LogP contribution in [0.2, 0.25) is 0 Å². The summed E-state index contributed by atoms with van der Waals surface area (Å²) in [6.45, 7) is 8.12. The molecule has 1 amide bonds. The average molecular weight is 518 g/mol. The van der Waals surface area contributed by atoms with Gasteiger partial charge in [-0.25, -0.2) is 0 Å². The first-order chi connectivity index (χ1) is 13.7. The second-order valence-electron chi connectivity index (χ2n) is 8.98. The summed E-state index contributed by atoms with van der Waals surface area (Å²) in [5.74, 6) is 1.67. The summed E-state index contributed by atoms with van der Waals surface area (Å²) < 4.78 is 0. The Hall–Kier alpha value is -0.610. The van der Waals surface area contributed by atoms with Gasteiger partial charge in [-0.2, -0.15) is 0 Å². The summed E-state index contributed by atoms with van der Waals surface area (Å²) in [5.41, 5.74) is 0. The summed E-state index contributed by atoms with van der Waals surface area (Å²) in [4.78, 5) is 24.0. The highest BCUT2D eigenvalue weighted by Gasteiger charge is 2.32. The molecule has 2 aliphatic carbocycles. The molecule has 4 fully saturated rings. The molecule has 29 heavy (non-hydrogen) atoms. The van der Waals surface area contributed by atoms with E-state index in [1.165, 1.54) is 45.2 Å². The predicted octanol–water partition coefficient (Wildman–Crippen LogP) is 1.34. The molecule has 2 aliphatic heterocycles. The number of likely N-dealkylation sites (tertiary alicyclic amines) is 1. The van der Waals surface area contributed by atoms with Gasteiger partial charge < -0.3 is 20.4 Å². The molecule has 0 spiro atoms. The van der Waals surface area contributed by atoms with Crippen molar-refractivity contribution in [1.29, 1.82) is 0 Å². The largest absolute Gasteiger partial charge is 0.355 e. The van der Waals surface area contributed by atoms with E-state index >= 15 is 0 Å². The molecule has 0 bridgehead atoms. The van der Waals surface area contributed by atoms with Crippen molar-refractivity contribution in [2.24, 2.45) is 10.9 Å². The number of nitrogens with one attached hydrogen (secondary N) is 2. The van der Waals surface area contributed by atoms with Gasteiger partial charge >= 0.3 is 0 Å². The van der Waals surface area contributed by atoms with Crippen LogP contribution in [0.3, 0.4) is 0 Å². The van der Waals surface area contributed by atoms with Crippen molar-refractivity contribution < 1.29 is 4.79 Å². The van der Waals surface area contributed by atoms with E-state index in [-0.39, 0.29) is 24.0 Å². The van der Waals surface area contributed by atoms with Crippen LogP contribution in [-0.2, 0) is 4.79 Å². The number of hydrogen-bond acceptors (Lipinski definition) is 4. The second kappa shape index (κ2) is 11.1. The number of hydrogen-bond donors (Lipinski definition) is 2. The van der Waals surface area contributed by atoms with Crippen LogP contribution in [0.4, 0.5) is 0 Å². The number of aliphatic imine (C=N–C) groups is 1. The lowest BCUT2D eigenvalue weighted by atomic mass is 9.84. The Morgan fingerprint density at radius 3 is 2.21 bits per heavy atom. The molecule has 2 heterocycles. The maximum absolute atomic E-state index is 12.3. The molecule has 4 rings (SSSR count). The van der Waals surface area contributed by atoms with Gasteiger partial charge in [0.25, 0.3) is 0 Å². The standard InChI is InChI=1S/C21H38N6O.HI/c1-22-21(24-18-7-10-26(11-8-18)19-5-6-19)23-9-12-25-13-15-27(16-14-25)20(28)17-3-2-4-17;/h17-19H,2-16H2,1H3,(H2,22,23,24);1H. The van der Waals surface area contributed by atoms with E-state index < -0.39 is 0 Å². The lowest BCUT2D eigenvalue weighted by Gasteiger charge is -2.38. The molecule has 7 nitrogen and oxygen atoms in total. The Labute approximate surface area is 193 Å². The van der Waals surface area contributed by atoms with Crippen molar-refractivity contribution >= 4 is 35.8 Å². The minimum atomic E-state index is 0. The molecule has 0 aromatic heterocycles. The number of piperazine rings is 1. The Morgan fingerprint density at radius 1 is 0.966 bits per heavy atom. The van der Waals surface area contributed by atoms with E-state index in [1.54, 1.807) is 0 Å². The fourth-order valence-corrected chi connectivity index (χ4v) is 4.67. The summed E-state index contributed by atoms with van der Waals surface area (Å²) >= 11 is 0. The van der Waals surface area contributed by atoms with Crippen LogP contribution >= 0.6 is 24.0 Å². The van der Waals surface area contributed by atoms with Crippen LogP contribution in [0.5, 0.6) is 0 Å². The fourth-order valence-electron chi connectivity index (χ4n) is 4.67. The van der Waals surface area contributed by atoms with Crippen molar-refractivity contribution in [2.75, 3.05) is 59.4 Å². The van der Waals surface area contributed by atoms with Crippen LogP contribution in [0, 0.1) is 5.92 Å². The predicted molar refractivity (Wildman–Crippen MR) is 128 cm³/mol. The minimum Gasteiger partial charge on any atom is -0.355 e. The highest BCUT2D eigenvalue weighted by Crippen LogP contribution is 2.29. The van der Waals surface area contributed by atoms with Crippen molar-refractivity contribution in [3.8, 4) is 0 Å². The highest BCUT2D eigenvalue weighted by molar-refractivity contribution is 14.0. The van der Waals surface area contributed by atoms with Crippen molar-refractivity contribution in [3.63, 3.8) is 0 Å². The average Bonchev–Trinajstić information content (AvgIpc) is 3.52. The Balaban J connectivity index is 0.00000240. The quantitative estimate of drug-likeness (QED) is 0.316. The van der Waals surface area contributed by atoms with E-state index in [9.17, 15) is 4.79 Å². The van der Waals surface area contributed by atoms with Gasteiger partial charge in [0, 0.05) is 77.4 Å². The molecule has 0 aromatic carbocycles. The summed E-state index contributed by atoms with van der Waals surface area (Å²) in [6.07, 6.45) is 8.69. The lowest BCUT2D eigenvalue weighted by molar-refractivity contribution is -0.139. The summed E-state index contributed by atoms with van der Waals surface area (Å²) in [7, 11) is 1.86. The van der Waals surface area contributed by atoms with Crippen LogP contribution in [0.1, 0.15) is 44.9 Å². The SMILES string of the molecule is CN=C(NCCN1CCN(C(=O)C2CCC2)CC1)NC1CCN(C2CC2)CC1.I. The van der Waals surface area contributed by atoms with E-state index in [2.05, 4.69) is 30.3 Å². The first-order valence-electron chi connectivity index (χ1n) is 11.5. The Bertz CT molecular complexity index is 549. The normalized spacial score (nSPS) is 25.3. The van der Waals surface area contributed by atoms with Crippen LogP contribution in [-0.4, -0.2) is 98.1 Å². The monoisotopic (exact) mass is 518 g/mol. The molecule has 2 saturated carbocycles. The van der Waals surface area contributed by atoms with E-state index in [4.69, 9.17) is 0 Å². The van der Waals surface area contributed by atoms with Gasteiger partial charge in [0.15, 0.2) is 5.96 Å². The third kappa shape index (κ3) is 6.43. The van der Waals surface area contributed by atoms with E-state index in [0.717, 1.165) is 64.1 Å². The Morgan fingerprint density at radius 2 is 1.66 bits per heavy atom. The fraction of sp³-hybridized carbons (Fsp3) is 0.905. The molecule has 4 aliphatic rings. The van der Waals surface area contributed by atoms with Crippen LogP contribution in [0.15, 0.2) is 4.99 Å². The zero-order valence-corrected chi connectivity index (χ0v) is 20.3. The molecule has 0 atom stereocenters. The van der Waals surface area contributed by atoms with E-state index in [1.807, 2.05) is 7.05 Å². The first kappa shape index (κ1) is 23.1. The number of guanidine groups is 1. The van der Waals surface area contributed by atoms with Crippen LogP contribution in [0.25, 0.3) is 0 Å². The van der Waals surface area contributed by atoms with Gasteiger partial charge in [-0.15, -0.1) is 24.0 Å². The van der Waals surface area contributed by atoms with Gasteiger partial charge in [-0.3, -0.25) is 14.7 Å². The van der Waals surface area contributed by atoms with Gasteiger partial charge in [-0.05, 0) is 38.5 Å². The number of nitrogens with zero attached hydrogens (tertiary/aromatic N) is 4. The van der Waals surface area contributed by atoms with E-state index in [0.29, 0.717) is 17.9 Å². The zero-order chi connectivity index (χ0) is 19.3. The van der Waals surface area contributed by atoms with Crippen molar-refractivity contribution in [2.45, 2.75) is 57.0 Å². The van der Waals surface area contributed by atoms with Gasteiger partial charge in [-0.1, -0.05) is 6.42 Å². The van der Waals surface area contributed by atoms with Gasteiger partial charge in [0.1, 0.15) is 0 Å². The smallest absolute Gasteiger partial charge is 0.225 e. The first-order valence-corrected chi connectivity index (χ1v) is 11.5. The zero-order valence-electron chi connectivity index (χ0n) is 17.9. The lowest BCUT2D eigenvalue weighted by Crippen LogP contribution is -2.53. The maximum Gasteiger partial charge on any atom is 0.225 e. The molecule has 166 valence electrons. The number of carbonyl (C=O) groups excluding carboxylic acids is 1. The Kier molecular flexibility index (Phi) is 8.85. The molecular formula is C21H39IN6O. The van der Waals surface area contributed by atoms with Crippen LogP contribution < -0.4 is 10.6 Å². The van der Waals surface area contributed by atoms with Gasteiger partial charge in [0.05, 0.1) is 0 Å². The maximum atomic E-state index is 12.3. The van der Waals surface area contributed by atoms with Crippen molar-refractivity contribution in [3.05, 3.63) is 0 Å². The number of amides is 1. The molecule has 0 aromatic rings. The number of rotatable bonds is 6. The minimum absolute atomic E-state index is 0. The number of piperidine rings is 1. The molecule has 2 saturated heterocycles. The molecule has 8 heteroatoms. The topological polar surface area (TPSA) is 63.2 Å². The van der Waals surface area contributed by atoms with Gasteiger partial charge in [0.2, 0.25) is 5.91 Å². The third-order valence-electron chi connectivity index (χ3n) is 7.02. The molecule has 0 unspecified atom stereocenters. The summed E-state index contributed by atoms with van der Waals surface area (Å²) in [6, 6.07) is 1.44. The molecular weight excluding hydrogens is 479 g/mol. The van der Waals surface area contributed by atoms with Crippen molar-refractivity contribution in [1.82, 2.24) is 25.3 Å². The second-order valence-corrected chi connectivity index (χ2v) is 8.98. The molecule has 2 N–H and O–H groups in total. The highest BCUT2D eigenvalue weighted by atomic mass is 127. The number of carbonyl (C=O) groups is 1. The number of halogens is 1. The molecule has 0 radical (unpaired) electrons. The summed E-state index contributed by atoms with van der Waals surface area (Å²) in [5, 5.41) is 7.10. The third-order valence-corrected chi connectivity index (χ3v) is 7.02.